The van der Waals surface area contributed by atoms with Crippen LogP contribution in [-0.2, 0) is 6.42 Å². The van der Waals surface area contributed by atoms with Crippen LogP contribution in [0.4, 0.5) is 0 Å². The average molecular weight is 287 g/mol. The van der Waals surface area contributed by atoms with E-state index in [2.05, 4.69) is 4.98 Å². The maximum absolute atomic E-state index is 6.20. The summed E-state index contributed by atoms with van der Waals surface area (Å²) in [6.45, 7) is 0. The highest BCUT2D eigenvalue weighted by Gasteiger charge is 2.13. The number of fused-ring (bicyclic) bond motifs is 1. The van der Waals surface area contributed by atoms with Crippen LogP contribution in [0.15, 0.2) is 53.2 Å². The number of rotatable bonds is 4. The summed E-state index contributed by atoms with van der Waals surface area (Å²) in [7, 11) is 0. The predicted molar refractivity (Wildman–Crippen MR) is 80.7 cm³/mol. The van der Waals surface area contributed by atoms with Gasteiger partial charge in [-0.05, 0) is 42.7 Å². The maximum atomic E-state index is 6.20. The Labute approximate surface area is 122 Å². The first-order chi connectivity index (χ1) is 9.74. The van der Waals surface area contributed by atoms with Gasteiger partial charge >= 0.3 is 0 Å². The summed E-state index contributed by atoms with van der Waals surface area (Å²) < 4.78 is 5.78. The average Bonchev–Trinajstić information content (AvgIpc) is 2.91. The van der Waals surface area contributed by atoms with E-state index in [-0.39, 0.29) is 6.04 Å². The summed E-state index contributed by atoms with van der Waals surface area (Å²) in [5.74, 6) is 0.780. The maximum Gasteiger partial charge on any atom is 0.152 e. The van der Waals surface area contributed by atoms with E-state index < -0.39 is 0 Å². The molecule has 0 radical (unpaired) electrons. The van der Waals surface area contributed by atoms with E-state index in [9.17, 15) is 0 Å². The fourth-order valence-corrected chi connectivity index (χ4v) is 2.46. The van der Waals surface area contributed by atoms with E-state index in [0.29, 0.717) is 10.6 Å². The number of pyridine rings is 1. The van der Waals surface area contributed by atoms with Crippen LogP contribution in [0, 0.1) is 0 Å². The number of aryl methyl sites for hydroxylation is 1. The van der Waals surface area contributed by atoms with Crippen molar-refractivity contribution in [2.45, 2.75) is 18.9 Å². The van der Waals surface area contributed by atoms with Gasteiger partial charge in [0, 0.05) is 17.8 Å². The monoisotopic (exact) mass is 286 g/mol. The number of halogens is 1. The molecule has 3 aromatic rings. The zero-order chi connectivity index (χ0) is 13.9. The van der Waals surface area contributed by atoms with Crippen molar-refractivity contribution in [3.63, 3.8) is 0 Å². The standard InChI is InChI=1S/C16H15ClN2O/c17-13-3-1-2-12-10-15(20-16(12)13)14(18)5-4-11-6-8-19-9-7-11/h1-3,6-10,14H,4-5,18H2. The van der Waals surface area contributed by atoms with Crippen LogP contribution in [0.5, 0.6) is 0 Å². The van der Waals surface area contributed by atoms with Crippen LogP contribution in [0.3, 0.4) is 0 Å². The lowest BCUT2D eigenvalue weighted by molar-refractivity contribution is 0.478. The van der Waals surface area contributed by atoms with Crippen molar-refractivity contribution in [2.24, 2.45) is 5.73 Å². The highest BCUT2D eigenvalue weighted by Crippen LogP contribution is 2.29. The molecule has 3 rings (SSSR count). The molecular formula is C16H15ClN2O. The molecule has 0 saturated carbocycles. The molecule has 2 N–H and O–H groups in total. The molecule has 20 heavy (non-hydrogen) atoms. The van der Waals surface area contributed by atoms with E-state index >= 15 is 0 Å². The Kier molecular flexibility index (Phi) is 3.72. The normalized spacial score (nSPS) is 12.7. The van der Waals surface area contributed by atoms with Gasteiger partial charge in [0.15, 0.2) is 5.58 Å². The van der Waals surface area contributed by atoms with Gasteiger partial charge in [0.1, 0.15) is 5.76 Å². The second-order valence-corrected chi connectivity index (χ2v) is 5.21. The minimum atomic E-state index is -0.133. The van der Waals surface area contributed by atoms with Crippen molar-refractivity contribution in [2.75, 3.05) is 0 Å². The highest BCUT2D eigenvalue weighted by atomic mass is 35.5. The SMILES string of the molecule is NC(CCc1ccncc1)c1cc2cccc(Cl)c2o1. The van der Waals surface area contributed by atoms with E-state index in [1.165, 1.54) is 5.56 Å². The lowest BCUT2D eigenvalue weighted by atomic mass is 10.1. The summed E-state index contributed by atoms with van der Waals surface area (Å²) in [4.78, 5) is 4.00. The number of benzene rings is 1. The lowest BCUT2D eigenvalue weighted by Gasteiger charge is -2.08. The molecule has 4 heteroatoms. The van der Waals surface area contributed by atoms with Gasteiger partial charge in [-0.15, -0.1) is 0 Å². The van der Waals surface area contributed by atoms with Gasteiger partial charge < -0.3 is 10.2 Å². The highest BCUT2D eigenvalue weighted by molar-refractivity contribution is 6.34. The van der Waals surface area contributed by atoms with E-state index in [1.807, 2.05) is 36.4 Å². The molecular weight excluding hydrogens is 272 g/mol. The molecule has 0 amide bonds. The number of hydrogen-bond acceptors (Lipinski definition) is 3. The number of para-hydroxylation sites is 1. The van der Waals surface area contributed by atoms with Gasteiger partial charge in [0.2, 0.25) is 0 Å². The zero-order valence-electron chi connectivity index (χ0n) is 10.9. The van der Waals surface area contributed by atoms with Gasteiger partial charge in [0.05, 0.1) is 11.1 Å². The third kappa shape index (κ3) is 2.69. The van der Waals surface area contributed by atoms with Crippen molar-refractivity contribution in [3.8, 4) is 0 Å². The molecule has 1 aromatic carbocycles. The van der Waals surface area contributed by atoms with Crippen molar-refractivity contribution in [1.29, 1.82) is 0 Å². The molecule has 0 aliphatic carbocycles. The van der Waals surface area contributed by atoms with Gasteiger partial charge in [0.25, 0.3) is 0 Å². The topological polar surface area (TPSA) is 52.0 Å². The minimum absolute atomic E-state index is 0.133. The number of nitrogens with zero attached hydrogens (tertiary/aromatic N) is 1. The fourth-order valence-electron chi connectivity index (χ4n) is 2.24. The largest absolute Gasteiger partial charge is 0.458 e. The van der Waals surface area contributed by atoms with Crippen LogP contribution >= 0.6 is 11.6 Å². The molecule has 3 nitrogen and oxygen atoms in total. The number of furan rings is 1. The summed E-state index contributed by atoms with van der Waals surface area (Å²) in [6, 6.07) is 11.5. The predicted octanol–water partition coefficient (Wildman–Crippen LogP) is 4.11. The Morgan fingerprint density at radius 3 is 2.75 bits per heavy atom. The lowest BCUT2D eigenvalue weighted by Crippen LogP contribution is -2.10. The number of nitrogens with two attached hydrogens (primary N) is 1. The Bertz CT molecular complexity index is 709. The second kappa shape index (κ2) is 5.65. The van der Waals surface area contributed by atoms with Gasteiger partial charge in [-0.3, -0.25) is 4.98 Å². The molecule has 0 saturated heterocycles. The Balaban J connectivity index is 1.75. The second-order valence-electron chi connectivity index (χ2n) is 4.81. The Hall–Kier alpha value is -1.84. The number of hydrogen-bond donors (Lipinski definition) is 1. The number of aromatic nitrogens is 1. The van der Waals surface area contributed by atoms with Crippen molar-refractivity contribution < 1.29 is 4.42 Å². The molecule has 0 fully saturated rings. The molecule has 0 spiro atoms. The third-order valence-corrected chi connectivity index (χ3v) is 3.67. The summed E-state index contributed by atoms with van der Waals surface area (Å²) in [5, 5.41) is 1.61. The molecule has 102 valence electrons. The van der Waals surface area contributed by atoms with Crippen molar-refractivity contribution in [1.82, 2.24) is 4.98 Å². The molecule has 0 bridgehead atoms. The molecule has 0 aliphatic rings. The molecule has 1 atom stereocenters. The summed E-state index contributed by atoms with van der Waals surface area (Å²) in [6.07, 6.45) is 5.31. The zero-order valence-corrected chi connectivity index (χ0v) is 11.7. The Morgan fingerprint density at radius 1 is 1.20 bits per heavy atom. The summed E-state index contributed by atoms with van der Waals surface area (Å²) >= 11 is 6.11. The first kappa shape index (κ1) is 13.2. The molecule has 1 unspecified atom stereocenters. The van der Waals surface area contributed by atoms with Gasteiger partial charge in [-0.1, -0.05) is 23.7 Å². The van der Waals surface area contributed by atoms with Gasteiger partial charge in [-0.25, -0.2) is 0 Å². The van der Waals surface area contributed by atoms with E-state index in [0.717, 1.165) is 24.0 Å². The Morgan fingerprint density at radius 2 is 2.00 bits per heavy atom. The van der Waals surface area contributed by atoms with Crippen LogP contribution in [0.25, 0.3) is 11.0 Å². The van der Waals surface area contributed by atoms with Gasteiger partial charge in [-0.2, -0.15) is 0 Å². The van der Waals surface area contributed by atoms with Crippen molar-refractivity contribution in [3.05, 3.63) is 65.1 Å². The van der Waals surface area contributed by atoms with E-state index in [1.54, 1.807) is 12.4 Å². The first-order valence-corrected chi connectivity index (χ1v) is 6.94. The van der Waals surface area contributed by atoms with Crippen LogP contribution in [0.1, 0.15) is 23.8 Å². The van der Waals surface area contributed by atoms with Crippen LogP contribution in [-0.4, -0.2) is 4.98 Å². The molecule has 0 aliphatic heterocycles. The minimum Gasteiger partial charge on any atom is -0.458 e. The van der Waals surface area contributed by atoms with Crippen LogP contribution in [0.2, 0.25) is 5.02 Å². The molecule has 2 heterocycles. The van der Waals surface area contributed by atoms with Crippen molar-refractivity contribution >= 4 is 22.6 Å². The van der Waals surface area contributed by atoms with Crippen LogP contribution < -0.4 is 5.73 Å². The smallest absolute Gasteiger partial charge is 0.152 e. The van der Waals surface area contributed by atoms with E-state index in [4.69, 9.17) is 21.8 Å². The quantitative estimate of drug-likeness (QED) is 0.785. The molecule has 2 aromatic heterocycles. The third-order valence-electron chi connectivity index (χ3n) is 3.37. The summed E-state index contributed by atoms with van der Waals surface area (Å²) in [5.41, 5.74) is 8.14. The fraction of sp³-hybridized carbons (Fsp3) is 0.188. The first-order valence-electron chi connectivity index (χ1n) is 6.56.